The Balaban J connectivity index is 1.28. The van der Waals surface area contributed by atoms with E-state index in [0.29, 0.717) is 58.5 Å². The van der Waals surface area contributed by atoms with Crippen molar-refractivity contribution < 1.29 is 28.2 Å². The van der Waals surface area contributed by atoms with Crippen LogP contribution in [-0.4, -0.2) is 29.4 Å². The van der Waals surface area contributed by atoms with Gasteiger partial charge in [0.25, 0.3) is 0 Å². The number of nitrogens with zero attached hydrogens (tertiary/aromatic N) is 1. The number of fused-ring (bicyclic) bond motifs is 1. The number of pyridine rings is 1. The first-order chi connectivity index (χ1) is 18.8. The SMILES string of the molecule is CCC(=O)c1cc2nccc(Oc3ccc(CC(=O)C4(C(=O)Cc5ccc(F)cc5)CC4)cc3)c2cc1OC. The molecule has 1 heterocycles. The summed E-state index contributed by atoms with van der Waals surface area (Å²) in [6, 6.07) is 18.2. The minimum atomic E-state index is -0.934. The summed E-state index contributed by atoms with van der Waals surface area (Å²) in [5.41, 5.74) is 1.66. The van der Waals surface area contributed by atoms with Crippen LogP contribution in [-0.2, 0) is 22.4 Å². The monoisotopic (exact) mass is 525 g/mol. The van der Waals surface area contributed by atoms with Gasteiger partial charge in [-0.15, -0.1) is 0 Å². The van der Waals surface area contributed by atoms with E-state index < -0.39 is 5.41 Å². The average Bonchev–Trinajstić information content (AvgIpc) is 3.77. The van der Waals surface area contributed by atoms with Crippen LogP contribution in [0.3, 0.4) is 0 Å². The van der Waals surface area contributed by atoms with Gasteiger partial charge >= 0.3 is 0 Å². The molecule has 0 radical (unpaired) electrons. The number of carbonyl (C=O) groups excluding carboxylic acids is 3. The smallest absolute Gasteiger partial charge is 0.166 e. The van der Waals surface area contributed by atoms with E-state index in [9.17, 15) is 18.8 Å². The van der Waals surface area contributed by atoms with E-state index in [2.05, 4.69) is 4.98 Å². The van der Waals surface area contributed by atoms with Gasteiger partial charge in [0.05, 0.1) is 23.6 Å². The molecule has 7 heteroatoms. The van der Waals surface area contributed by atoms with Crippen molar-refractivity contribution in [1.29, 1.82) is 0 Å². The summed E-state index contributed by atoms with van der Waals surface area (Å²) in [5.74, 6) is 1.00. The molecular weight excluding hydrogens is 497 g/mol. The fourth-order valence-electron chi connectivity index (χ4n) is 4.77. The number of ether oxygens (including phenoxy) is 2. The first-order valence-corrected chi connectivity index (χ1v) is 12.9. The lowest BCUT2D eigenvalue weighted by atomic mass is 9.88. The van der Waals surface area contributed by atoms with Gasteiger partial charge in [0.2, 0.25) is 0 Å². The molecule has 0 spiro atoms. The summed E-state index contributed by atoms with van der Waals surface area (Å²) in [7, 11) is 1.52. The van der Waals surface area contributed by atoms with E-state index in [1.807, 2.05) is 12.1 Å². The second-order valence-corrected chi connectivity index (χ2v) is 9.81. The van der Waals surface area contributed by atoms with Crippen LogP contribution in [0.1, 0.15) is 47.7 Å². The summed E-state index contributed by atoms with van der Waals surface area (Å²) < 4.78 is 24.7. The Bertz CT molecular complexity index is 1560. The minimum Gasteiger partial charge on any atom is -0.496 e. The van der Waals surface area contributed by atoms with Gasteiger partial charge in [0, 0.05) is 30.8 Å². The van der Waals surface area contributed by atoms with Crippen LogP contribution < -0.4 is 9.47 Å². The molecule has 3 aromatic carbocycles. The zero-order chi connectivity index (χ0) is 27.6. The Hall–Kier alpha value is -4.39. The number of Topliss-reactive ketones (excluding diaryl/α,β-unsaturated/α-hetero) is 3. The standard InChI is InChI=1S/C32H28FNO5/c1-3-27(35)25-18-26-24(19-29(25)38-2)28(12-15-34-26)39-23-10-6-21(7-11-23)17-31(37)32(13-14-32)30(36)16-20-4-8-22(33)9-5-20/h4-12,15,18-19H,3,13-14,16-17H2,1-2H3. The van der Waals surface area contributed by atoms with Crippen molar-refractivity contribution in [2.75, 3.05) is 7.11 Å². The molecule has 0 amide bonds. The predicted octanol–water partition coefficient (Wildman–Crippen LogP) is 6.47. The van der Waals surface area contributed by atoms with Crippen LogP contribution in [0.2, 0.25) is 0 Å². The van der Waals surface area contributed by atoms with Crippen molar-refractivity contribution in [3.8, 4) is 17.2 Å². The molecule has 4 aromatic rings. The lowest BCUT2D eigenvalue weighted by Gasteiger charge is -2.14. The number of rotatable bonds is 11. The normalized spacial score (nSPS) is 13.6. The molecule has 0 bridgehead atoms. The van der Waals surface area contributed by atoms with Gasteiger partial charge in [-0.25, -0.2) is 4.39 Å². The van der Waals surface area contributed by atoms with E-state index >= 15 is 0 Å². The maximum absolute atomic E-state index is 13.2. The number of benzene rings is 3. The molecule has 5 rings (SSSR count). The quantitative estimate of drug-likeness (QED) is 0.165. The van der Waals surface area contributed by atoms with Gasteiger partial charge in [-0.2, -0.15) is 0 Å². The summed E-state index contributed by atoms with van der Waals surface area (Å²) in [6.07, 6.45) is 3.36. The highest BCUT2D eigenvalue weighted by atomic mass is 19.1. The Kier molecular flexibility index (Phi) is 7.24. The van der Waals surface area contributed by atoms with Gasteiger partial charge in [-0.1, -0.05) is 31.2 Å². The number of aromatic nitrogens is 1. The molecule has 1 aliphatic carbocycles. The van der Waals surface area contributed by atoms with Crippen molar-refractivity contribution in [3.05, 3.63) is 95.4 Å². The van der Waals surface area contributed by atoms with Crippen molar-refractivity contribution in [3.63, 3.8) is 0 Å². The van der Waals surface area contributed by atoms with Crippen LogP contribution in [0.15, 0.2) is 72.9 Å². The molecule has 39 heavy (non-hydrogen) atoms. The van der Waals surface area contributed by atoms with Crippen LogP contribution in [0.5, 0.6) is 17.2 Å². The third-order valence-corrected chi connectivity index (χ3v) is 7.26. The number of carbonyl (C=O) groups is 3. The summed E-state index contributed by atoms with van der Waals surface area (Å²) in [4.78, 5) is 42.7. The highest BCUT2D eigenvalue weighted by Crippen LogP contribution is 2.49. The molecule has 1 saturated carbocycles. The predicted molar refractivity (Wildman–Crippen MR) is 145 cm³/mol. The van der Waals surface area contributed by atoms with Crippen LogP contribution in [0.25, 0.3) is 10.9 Å². The number of hydrogen-bond acceptors (Lipinski definition) is 6. The number of halogens is 1. The third-order valence-electron chi connectivity index (χ3n) is 7.26. The summed E-state index contributed by atoms with van der Waals surface area (Å²) >= 11 is 0. The van der Waals surface area contributed by atoms with Crippen LogP contribution in [0.4, 0.5) is 4.39 Å². The van der Waals surface area contributed by atoms with Crippen LogP contribution >= 0.6 is 0 Å². The maximum Gasteiger partial charge on any atom is 0.166 e. The van der Waals surface area contributed by atoms with E-state index in [4.69, 9.17) is 9.47 Å². The Morgan fingerprint density at radius 3 is 2.05 bits per heavy atom. The molecule has 0 unspecified atom stereocenters. The van der Waals surface area contributed by atoms with Gasteiger partial charge in [-0.3, -0.25) is 19.4 Å². The molecule has 198 valence electrons. The van der Waals surface area contributed by atoms with E-state index in [1.165, 1.54) is 19.2 Å². The molecule has 0 saturated heterocycles. The Labute approximate surface area is 225 Å². The fourth-order valence-corrected chi connectivity index (χ4v) is 4.77. The molecule has 0 aliphatic heterocycles. The minimum absolute atomic E-state index is 0.0304. The van der Waals surface area contributed by atoms with Crippen molar-refractivity contribution >= 4 is 28.3 Å². The van der Waals surface area contributed by atoms with Crippen molar-refractivity contribution in [1.82, 2.24) is 4.98 Å². The zero-order valence-electron chi connectivity index (χ0n) is 21.8. The fraction of sp³-hybridized carbons (Fsp3) is 0.250. The lowest BCUT2D eigenvalue weighted by Crippen LogP contribution is -2.28. The molecule has 0 N–H and O–H groups in total. The number of hydrogen-bond donors (Lipinski definition) is 0. The molecule has 1 aromatic heterocycles. The highest BCUT2D eigenvalue weighted by molar-refractivity contribution is 6.11. The second kappa shape index (κ2) is 10.8. The average molecular weight is 526 g/mol. The lowest BCUT2D eigenvalue weighted by molar-refractivity contribution is -0.133. The molecule has 1 aliphatic rings. The second-order valence-electron chi connectivity index (χ2n) is 9.81. The molecule has 1 fully saturated rings. The molecular formula is C32H28FNO5. The first-order valence-electron chi connectivity index (χ1n) is 12.9. The van der Waals surface area contributed by atoms with E-state index in [-0.39, 0.29) is 36.0 Å². The summed E-state index contributed by atoms with van der Waals surface area (Å²) in [6.45, 7) is 1.80. The van der Waals surface area contributed by atoms with E-state index in [1.54, 1.807) is 55.6 Å². The van der Waals surface area contributed by atoms with Gasteiger partial charge in [0.15, 0.2) is 17.3 Å². The summed E-state index contributed by atoms with van der Waals surface area (Å²) in [5, 5.41) is 0.705. The maximum atomic E-state index is 13.2. The van der Waals surface area contributed by atoms with Gasteiger partial charge in [0.1, 0.15) is 23.1 Å². The topological polar surface area (TPSA) is 82.6 Å². The largest absolute Gasteiger partial charge is 0.496 e. The number of ketones is 3. The third kappa shape index (κ3) is 5.43. The first kappa shape index (κ1) is 26.2. The molecule has 6 nitrogen and oxygen atoms in total. The van der Waals surface area contributed by atoms with Crippen LogP contribution in [0, 0.1) is 11.2 Å². The molecule has 0 atom stereocenters. The van der Waals surface area contributed by atoms with Crippen molar-refractivity contribution in [2.24, 2.45) is 5.41 Å². The Morgan fingerprint density at radius 2 is 1.49 bits per heavy atom. The zero-order valence-corrected chi connectivity index (χ0v) is 21.8. The highest BCUT2D eigenvalue weighted by Gasteiger charge is 2.54. The van der Waals surface area contributed by atoms with Gasteiger partial charge in [-0.05, 0) is 66.4 Å². The van der Waals surface area contributed by atoms with Crippen molar-refractivity contribution in [2.45, 2.75) is 39.0 Å². The van der Waals surface area contributed by atoms with E-state index in [0.717, 1.165) is 5.56 Å². The Morgan fingerprint density at radius 1 is 0.872 bits per heavy atom. The number of methoxy groups -OCH3 is 1. The van der Waals surface area contributed by atoms with Gasteiger partial charge < -0.3 is 9.47 Å².